The second-order valence-corrected chi connectivity index (χ2v) is 8.88. The van der Waals surface area contributed by atoms with Gasteiger partial charge in [0, 0.05) is 17.2 Å². The average molecular weight is 422 g/mol. The molecule has 2 aromatic carbocycles. The Kier molecular flexibility index (Phi) is 7.42. The smallest absolute Gasteiger partial charge is 0.259 e. The highest BCUT2D eigenvalue weighted by Crippen LogP contribution is 2.44. The van der Waals surface area contributed by atoms with Crippen molar-refractivity contribution in [2.75, 3.05) is 5.32 Å². The van der Waals surface area contributed by atoms with Crippen LogP contribution in [0, 0.1) is 13.8 Å². The van der Waals surface area contributed by atoms with E-state index in [0.717, 1.165) is 55.3 Å². The van der Waals surface area contributed by atoms with Gasteiger partial charge in [-0.2, -0.15) is 0 Å². The van der Waals surface area contributed by atoms with Crippen LogP contribution in [0.5, 0.6) is 11.5 Å². The highest BCUT2D eigenvalue weighted by molar-refractivity contribution is 6.08. The number of aromatic hydroxyl groups is 2. The molecule has 1 aliphatic rings. The van der Waals surface area contributed by atoms with Crippen LogP contribution in [0.15, 0.2) is 35.9 Å². The predicted molar refractivity (Wildman–Crippen MR) is 127 cm³/mol. The Morgan fingerprint density at radius 1 is 1.13 bits per heavy atom. The summed E-state index contributed by atoms with van der Waals surface area (Å²) in [5, 5.41) is 25.1. The first-order valence-electron chi connectivity index (χ1n) is 11.5. The Morgan fingerprint density at radius 3 is 2.48 bits per heavy atom. The highest BCUT2D eigenvalue weighted by atomic mass is 16.3. The van der Waals surface area contributed by atoms with E-state index in [2.05, 4.69) is 25.2 Å². The monoisotopic (exact) mass is 421 g/mol. The lowest BCUT2D eigenvalue weighted by Gasteiger charge is -2.24. The molecule has 4 nitrogen and oxygen atoms in total. The zero-order chi connectivity index (χ0) is 22.5. The van der Waals surface area contributed by atoms with Crippen LogP contribution in [0.2, 0.25) is 0 Å². The van der Waals surface area contributed by atoms with Gasteiger partial charge in [-0.05, 0) is 75.6 Å². The van der Waals surface area contributed by atoms with Crippen molar-refractivity contribution in [3.05, 3.63) is 63.7 Å². The summed E-state index contributed by atoms with van der Waals surface area (Å²) in [7, 11) is 0. The zero-order valence-electron chi connectivity index (χ0n) is 19.2. The van der Waals surface area contributed by atoms with Crippen LogP contribution in [-0.2, 0) is 6.42 Å². The second-order valence-electron chi connectivity index (χ2n) is 8.88. The van der Waals surface area contributed by atoms with Gasteiger partial charge in [0.2, 0.25) is 0 Å². The number of carbonyl (C=O) groups is 1. The largest absolute Gasteiger partial charge is 0.507 e. The third-order valence-electron chi connectivity index (χ3n) is 6.34. The summed E-state index contributed by atoms with van der Waals surface area (Å²) >= 11 is 0. The molecule has 1 atom stereocenters. The van der Waals surface area contributed by atoms with Crippen molar-refractivity contribution in [2.45, 2.75) is 78.6 Å². The molecule has 3 rings (SSSR count). The molecule has 0 bridgehead atoms. The molecule has 0 spiro atoms. The number of allylic oxidation sites excluding steroid dienone is 2. The van der Waals surface area contributed by atoms with Crippen molar-refractivity contribution in [1.82, 2.24) is 0 Å². The summed E-state index contributed by atoms with van der Waals surface area (Å²) in [6.45, 7) is 8.13. The average Bonchev–Trinajstić information content (AvgIpc) is 2.71. The molecule has 1 aliphatic carbocycles. The van der Waals surface area contributed by atoms with Crippen molar-refractivity contribution >= 4 is 11.6 Å². The summed E-state index contributed by atoms with van der Waals surface area (Å²) in [6, 6.07) is 7.58. The van der Waals surface area contributed by atoms with E-state index < -0.39 is 0 Å². The maximum Gasteiger partial charge on any atom is 0.259 e. The van der Waals surface area contributed by atoms with Crippen LogP contribution in [0.1, 0.15) is 90.9 Å². The van der Waals surface area contributed by atoms with E-state index >= 15 is 0 Å². The summed E-state index contributed by atoms with van der Waals surface area (Å²) in [5.41, 5.74) is 5.45. The minimum atomic E-state index is -0.320. The van der Waals surface area contributed by atoms with Gasteiger partial charge in [-0.1, -0.05) is 49.6 Å². The molecule has 3 N–H and O–H groups in total. The number of benzene rings is 2. The molecule has 4 heteroatoms. The number of phenolic OH excluding ortho intramolecular Hbond substituents is 2. The van der Waals surface area contributed by atoms with E-state index in [-0.39, 0.29) is 23.3 Å². The van der Waals surface area contributed by atoms with E-state index in [1.165, 1.54) is 5.57 Å². The number of carbonyl (C=O) groups excluding carboxylic acids is 1. The van der Waals surface area contributed by atoms with E-state index in [4.69, 9.17) is 0 Å². The topological polar surface area (TPSA) is 69.6 Å². The van der Waals surface area contributed by atoms with Crippen LogP contribution in [0.4, 0.5) is 5.69 Å². The summed E-state index contributed by atoms with van der Waals surface area (Å²) < 4.78 is 0. The van der Waals surface area contributed by atoms with Crippen LogP contribution in [0.25, 0.3) is 0 Å². The van der Waals surface area contributed by atoms with Gasteiger partial charge in [-0.3, -0.25) is 4.79 Å². The first kappa shape index (κ1) is 22.9. The minimum absolute atomic E-state index is 0.0776. The maximum atomic E-state index is 13.4. The van der Waals surface area contributed by atoms with Crippen LogP contribution in [-0.4, -0.2) is 16.1 Å². The van der Waals surface area contributed by atoms with E-state index in [0.29, 0.717) is 23.1 Å². The molecule has 1 amide bonds. The van der Waals surface area contributed by atoms with Gasteiger partial charge < -0.3 is 15.5 Å². The number of para-hydroxylation sites is 1. The summed E-state index contributed by atoms with van der Waals surface area (Å²) in [4.78, 5) is 13.4. The van der Waals surface area contributed by atoms with Crippen LogP contribution < -0.4 is 5.32 Å². The SMILES string of the molecule is CCCCCc1cc(O)c(C2C=C(C)CCC2)c(O)c1C(=O)Nc1c(C)cccc1C. The normalized spacial score (nSPS) is 16.1. The molecule has 0 fully saturated rings. The molecule has 31 heavy (non-hydrogen) atoms. The Labute approximate surface area is 186 Å². The first-order valence-corrected chi connectivity index (χ1v) is 11.5. The van der Waals surface area contributed by atoms with Crippen LogP contribution in [0.3, 0.4) is 0 Å². The number of anilines is 1. The number of amides is 1. The van der Waals surface area contributed by atoms with Gasteiger partial charge in [-0.15, -0.1) is 0 Å². The molecule has 2 aromatic rings. The molecule has 0 saturated carbocycles. The standard InChI is InChI=1S/C27H35NO3/c1-5-6-7-13-21-16-22(29)23(20-14-8-10-17(2)15-20)26(30)24(21)27(31)28-25-18(3)11-9-12-19(25)4/h9,11-12,15-16,20,29-30H,5-8,10,13-14H2,1-4H3,(H,28,31). The van der Waals surface area contributed by atoms with Crippen molar-refractivity contribution in [2.24, 2.45) is 0 Å². The summed E-state index contributed by atoms with van der Waals surface area (Å²) in [6.07, 6.45) is 8.65. The highest BCUT2D eigenvalue weighted by Gasteiger charge is 2.28. The molecule has 0 aliphatic heterocycles. The fourth-order valence-corrected chi connectivity index (χ4v) is 4.63. The minimum Gasteiger partial charge on any atom is -0.507 e. The Hall–Kier alpha value is -2.75. The molecular weight excluding hydrogens is 386 g/mol. The Balaban J connectivity index is 2.07. The number of unbranched alkanes of at least 4 members (excludes halogenated alkanes) is 2. The maximum absolute atomic E-state index is 13.4. The van der Waals surface area contributed by atoms with Gasteiger partial charge in [0.05, 0.1) is 5.56 Å². The van der Waals surface area contributed by atoms with Crippen molar-refractivity contribution in [1.29, 1.82) is 0 Å². The molecule has 0 radical (unpaired) electrons. The molecule has 0 saturated heterocycles. The predicted octanol–water partition coefficient (Wildman–Crippen LogP) is 6.91. The molecular formula is C27H35NO3. The molecule has 1 unspecified atom stereocenters. The van der Waals surface area contributed by atoms with Crippen molar-refractivity contribution in [3.63, 3.8) is 0 Å². The van der Waals surface area contributed by atoms with Gasteiger partial charge in [0.25, 0.3) is 5.91 Å². The van der Waals surface area contributed by atoms with Gasteiger partial charge in [0.1, 0.15) is 11.5 Å². The number of phenols is 2. The lowest BCUT2D eigenvalue weighted by Crippen LogP contribution is -2.17. The number of nitrogens with one attached hydrogen (secondary N) is 1. The van der Waals surface area contributed by atoms with Crippen LogP contribution >= 0.6 is 0 Å². The van der Waals surface area contributed by atoms with Gasteiger partial charge in [-0.25, -0.2) is 0 Å². The van der Waals surface area contributed by atoms with Crippen molar-refractivity contribution < 1.29 is 15.0 Å². The fraction of sp³-hybridized carbons (Fsp3) is 0.444. The quantitative estimate of drug-likeness (QED) is 0.336. The third-order valence-corrected chi connectivity index (χ3v) is 6.34. The summed E-state index contributed by atoms with van der Waals surface area (Å²) in [5.74, 6) is -0.390. The number of hydrogen-bond donors (Lipinski definition) is 3. The first-order chi connectivity index (χ1) is 14.8. The van der Waals surface area contributed by atoms with E-state index in [1.54, 1.807) is 6.07 Å². The lowest BCUT2D eigenvalue weighted by molar-refractivity contribution is 0.102. The third kappa shape index (κ3) is 5.12. The lowest BCUT2D eigenvalue weighted by atomic mass is 9.83. The molecule has 0 heterocycles. The Bertz CT molecular complexity index is 970. The number of aryl methyl sites for hydroxylation is 3. The Morgan fingerprint density at radius 2 is 1.84 bits per heavy atom. The second kappa shape index (κ2) is 10.0. The van der Waals surface area contributed by atoms with Gasteiger partial charge >= 0.3 is 0 Å². The molecule has 0 aromatic heterocycles. The van der Waals surface area contributed by atoms with Crippen molar-refractivity contribution in [3.8, 4) is 11.5 Å². The fourth-order valence-electron chi connectivity index (χ4n) is 4.63. The number of hydrogen-bond acceptors (Lipinski definition) is 3. The van der Waals surface area contributed by atoms with E-state index in [1.807, 2.05) is 32.0 Å². The zero-order valence-corrected chi connectivity index (χ0v) is 19.2. The molecule has 166 valence electrons. The van der Waals surface area contributed by atoms with Gasteiger partial charge in [0.15, 0.2) is 0 Å². The van der Waals surface area contributed by atoms with E-state index in [9.17, 15) is 15.0 Å². The number of rotatable bonds is 7.